The van der Waals surface area contributed by atoms with Gasteiger partial charge in [-0.05, 0) is 25.8 Å². The van der Waals surface area contributed by atoms with E-state index in [1.165, 1.54) is 6.20 Å². The molecule has 0 aliphatic rings. The van der Waals surface area contributed by atoms with Gasteiger partial charge in [-0.1, -0.05) is 5.57 Å². The lowest BCUT2D eigenvalue weighted by atomic mass is 10.0. The standard InChI is InChI=1S/C11H16FN3/c1-8(2)3-4-11(15-13)9-5-6-14-7-10(9)12/h5-7,11,15H,1,3-4,13H2,2H3. The number of hydrazine groups is 1. The van der Waals surface area contributed by atoms with Crippen molar-refractivity contribution in [3.05, 3.63) is 42.0 Å². The van der Waals surface area contributed by atoms with Crippen LogP contribution >= 0.6 is 0 Å². The number of nitrogens with zero attached hydrogens (tertiary/aromatic N) is 1. The van der Waals surface area contributed by atoms with Crippen LogP contribution in [0.3, 0.4) is 0 Å². The summed E-state index contributed by atoms with van der Waals surface area (Å²) in [6.45, 7) is 5.74. The molecule has 1 unspecified atom stereocenters. The molecule has 0 fully saturated rings. The predicted molar refractivity (Wildman–Crippen MR) is 58.3 cm³/mol. The maximum atomic E-state index is 13.4. The van der Waals surface area contributed by atoms with E-state index in [1.54, 1.807) is 12.3 Å². The third-order valence-corrected chi connectivity index (χ3v) is 2.24. The Morgan fingerprint density at radius 2 is 2.47 bits per heavy atom. The lowest BCUT2D eigenvalue weighted by Crippen LogP contribution is -2.28. The number of rotatable bonds is 5. The molecule has 0 saturated heterocycles. The Balaban J connectivity index is 2.74. The molecular weight excluding hydrogens is 193 g/mol. The van der Waals surface area contributed by atoms with Crippen LogP contribution in [0, 0.1) is 5.82 Å². The van der Waals surface area contributed by atoms with Crippen LogP contribution in [0.5, 0.6) is 0 Å². The second kappa shape index (κ2) is 5.58. The third kappa shape index (κ3) is 3.42. The Hall–Kier alpha value is -1.26. The molecule has 0 aromatic carbocycles. The first kappa shape index (κ1) is 11.8. The van der Waals surface area contributed by atoms with Crippen molar-refractivity contribution in [2.24, 2.45) is 5.84 Å². The van der Waals surface area contributed by atoms with Crippen molar-refractivity contribution in [2.75, 3.05) is 0 Å². The van der Waals surface area contributed by atoms with Gasteiger partial charge in [-0.2, -0.15) is 0 Å². The van der Waals surface area contributed by atoms with E-state index < -0.39 is 0 Å². The summed E-state index contributed by atoms with van der Waals surface area (Å²) in [5.74, 6) is 5.06. The number of nitrogens with one attached hydrogen (secondary N) is 1. The lowest BCUT2D eigenvalue weighted by molar-refractivity contribution is 0.483. The van der Waals surface area contributed by atoms with Crippen LogP contribution in [0.2, 0.25) is 0 Å². The summed E-state index contributed by atoms with van der Waals surface area (Å²) in [5.41, 5.74) is 4.22. The topological polar surface area (TPSA) is 50.9 Å². The van der Waals surface area contributed by atoms with E-state index >= 15 is 0 Å². The lowest BCUT2D eigenvalue weighted by Gasteiger charge is -2.16. The molecule has 3 nitrogen and oxygen atoms in total. The normalized spacial score (nSPS) is 12.5. The van der Waals surface area contributed by atoms with Gasteiger partial charge in [-0.3, -0.25) is 16.3 Å². The Labute approximate surface area is 89.2 Å². The van der Waals surface area contributed by atoms with Crippen molar-refractivity contribution in [3.8, 4) is 0 Å². The van der Waals surface area contributed by atoms with Crippen LogP contribution < -0.4 is 11.3 Å². The molecule has 1 atom stereocenters. The Morgan fingerprint density at radius 3 is 3.00 bits per heavy atom. The summed E-state index contributed by atoms with van der Waals surface area (Å²) >= 11 is 0. The average Bonchev–Trinajstić information content (AvgIpc) is 2.21. The zero-order chi connectivity index (χ0) is 11.3. The van der Waals surface area contributed by atoms with Crippen LogP contribution in [0.15, 0.2) is 30.6 Å². The van der Waals surface area contributed by atoms with Gasteiger partial charge in [-0.25, -0.2) is 4.39 Å². The molecule has 0 amide bonds. The molecule has 0 bridgehead atoms. The summed E-state index contributed by atoms with van der Waals surface area (Å²) in [6, 6.07) is 1.45. The van der Waals surface area contributed by atoms with Crippen LogP contribution in [-0.4, -0.2) is 4.98 Å². The highest BCUT2D eigenvalue weighted by atomic mass is 19.1. The first-order chi connectivity index (χ1) is 7.15. The number of hydrogen-bond donors (Lipinski definition) is 2. The molecule has 0 aliphatic heterocycles. The number of aromatic nitrogens is 1. The summed E-state index contributed by atoms with van der Waals surface area (Å²) in [7, 11) is 0. The number of halogens is 1. The molecule has 0 spiro atoms. The van der Waals surface area contributed by atoms with Gasteiger partial charge >= 0.3 is 0 Å². The van der Waals surface area contributed by atoms with E-state index in [1.807, 2.05) is 6.92 Å². The molecule has 0 saturated carbocycles. The van der Waals surface area contributed by atoms with Gasteiger partial charge in [0.05, 0.1) is 6.20 Å². The molecule has 0 radical (unpaired) electrons. The molecule has 1 heterocycles. The summed E-state index contributed by atoms with van der Waals surface area (Å²) < 4.78 is 13.4. The van der Waals surface area contributed by atoms with Crippen molar-refractivity contribution in [1.29, 1.82) is 0 Å². The highest BCUT2D eigenvalue weighted by Crippen LogP contribution is 2.21. The molecule has 1 aromatic rings. The fraction of sp³-hybridized carbons (Fsp3) is 0.364. The molecule has 4 heteroatoms. The zero-order valence-electron chi connectivity index (χ0n) is 8.83. The van der Waals surface area contributed by atoms with Gasteiger partial charge in [0.2, 0.25) is 0 Å². The SMILES string of the molecule is C=C(C)CCC(NN)c1ccncc1F. The fourth-order valence-corrected chi connectivity index (χ4v) is 1.39. The summed E-state index contributed by atoms with van der Waals surface area (Å²) in [4.78, 5) is 3.70. The van der Waals surface area contributed by atoms with Crippen molar-refractivity contribution in [3.63, 3.8) is 0 Å². The van der Waals surface area contributed by atoms with Crippen LogP contribution in [0.25, 0.3) is 0 Å². The highest BCUT2D eigenvalue weighted by Gasteiger charge is 2.13. The molecule has 1 aromatic heterocycles. The van der Waals surface area contributed by atoms with Gasteiger partial charge in [0.25, 0.3) is 0 Å². The molecular formula is C11H16FN3. The third-order valence-electron chi connectivity index (χ3n) is 2.24. The Bertz CT molecular complexity index is 338. The Morgan fingerprint density at radius 1 is 1.73 bits per heavy atom. The molecule has 82 valence electrons. The predicted octanol–water partition coefficient (Wildman–Crippen LogP) is 2.08. The maximum absolute atomic E-state index is 13.4. The first-order valence-corrected chi connectivity index (χ1v) is 4.85. The smallest absolute Gasteiger partial charge is 0.146 e. The van der Waals surface area contributed by atoms with Crippen molar-refractivity contribution in [1.82, 2.24) is 10.4 Å². The first-order valence-electron chi connectivity index (χ1n) is 4.85. The minimum absolute atomic E-state index is 0.190. The molecule has 3 N–H and O–H groups in total. The monoisotopic (exact) mass is 209 g/mol. The van der Waals surface area contributed by atoms with Gasteiger partial charge < -0.3 is 0 Å². The van der Waals surface area contributed by atoms with Crippen molar-refractivity contribution < 1.29 is 4.39 Å². The Kier molecular flexibility index (Phi) is 4.39. The maximum Gasteiger partial charge on any atom is 0.146 e. The number of pyridine rings is 1. The zero-order valence-corrected chi connectivity index (χ0v) is 8.83. The van der Waals surface area contributed by atoms with Crippen LogP contribution in [-0.2, 0) is 0 Å². The van der Waals surface area contributed by atoms with E-state index in [0.717, 1.165) is 18.4 Å². The van der Waals surface area contributed by atoms with E-state index in [2.05, 4.69) is 17.0 Å². The minimum Gasteiger partial charge on any atom is -0.271 e. The number of nitrogens with two attached hydrogens (primary N) is 1. The van der Waals surface area contributed by atoms with Gasteiger partial charge in [-0.15, -0.1) is 6.58 Å². The summed E-state index contributed by atoms with van der Waals surface area (Å²) in [5, 5.41) is 0. The van der Waals surface area contributed by atoms with Gasteiger partial charge in [0.15, 0.2) is 0 Å². The van der Waals surface area contributed by atoms with Gasteiger partial charge in [0, 0.05) is 17.8 Å². The average molecular weight is 209 g/mol. The van der Waals surface area contributed by atoms with E-state index in [4.69, 9.17) is 5.84 Å². The van der Waals surface area contributed by atoms with Crippen molar-refractivity contribution in [2.45, 2.75) is 25.8 Å². The molecule has 0 aliphatic carbocycles. The minimum atomic E-state index is -0.331. The van der Waals surface area contributed by atoms with Crippen LogP contribution in [0.1, 0.15) is 31.4 Å². The molecule has 1 rings (SSSR count). The van der Waals surface area contributed by atoms with Crippen LogP contribution in [0.4, 0.5) is 4.39 Å². The second-order valence-electron chi connectivity index (χ2n) is 3.61. The fourth-order valence-electron chi connectivity index (χ4n) is 1.39. The second-order valence-corrected chi connectivity index (χ2v) is 3.61. The van der Waals surface area contributed by atoms with E-state index in [-0.39, 0.29) is 11.9 Å². The van der Waals surface area contributed by atoms with Gasteiger partial charge in [0.1, 0.15) is 5.82 Å². The number of hydrogen-bond acceptors (Lipinski definition) is 3. The van der Waals surface area contributed by atoms with E-state index in [0.29, 0.717) is 5.56 Å². The van der Waals surface area contributed by atoms with Crippen molar-refractivity contribution >= 4 is 0 Å². The quantitative estimate of drug-likeness (QED) is 0.443. The summed E-state index contributed by atoms with van der Waals surface area (Å²) in [6.07, 6.45) is 4.30. The van der Waals surface area contributed by atoms with E-state index in [9.17, 15) is 4.39 Å². The number of allylic oxidation sites excluding steroid dienone is 1. The molecule has 15 heavy (non-hydrogen) atoms. The largest absolute Gasteiger partial charge is 0.271 e. The highest BCUT2D eigenvalue weighted by molar-refractivity contribution is 5.17.